The summed E-state index contributed by atoms with van der Waals surface area (Å²) in [5.41, 5.74) is 7.19. The molecule has 1 aliphatic heterocycles. The number of nitrogens with two attached hydrogens (primary N) is 1. The Labute approximate surface area is 68.9 Å². The summed E-state index contributed by atoms with van der Waals surface area (Å²) < 4.78 is 5.06. The predicted octanol–water partition coefficient (Wildman–Crippen LogP) is 0.0168. The second-order valence-electron chi connectivity index (χ2n) is 2.37. The fourth-order valence-electron chi connectivity index (χ4n) is 1.01. The van der Waals surface area contributed by atoms with Crippen molar-refractivity contribution in [2.24, 2.45) is 5.73 Å². The van der Waals surface area contributed by atoms with E-state index in [-0.39, 0.29) is 0 Å². The highest BCUT2D eigenvalue weighted by Crippen LogP contribution is 2.17. The third-order valence-electron chi connectivity index (χ3n) is 1.60. The summed E-state index contributed by atoms with van der Waals surface area (Å²) in [4.78, 5) is 0. The molecule has 5 nitrogen and oxygen atoms in total. The van der Waals surface area contributed by atoms with E-state index in [9.17, 15) is 0 Å². The Balaban J connectivity index is 2.34. The summed E-state index contributed by atoms with van der Waals surface area (Å²) in [7, 11) is 0. The quantitative estimate of drug-likeness (QED) is 0.613. The van der Waals surface area contributed by atoms with Crippen molar-refractivity contribution >= 4 is 5.57 Å². The number of H-pyrrole nitrogens is 1. The number of aromatic nitrogens is 3. The first-order valence-electron chi connectivity index (χ1n) is 3.52. The van der Waals surface area contributed by atoms with E-state index in [1.807, 2.05) is 6.08 Å². The Morgan fingerprint density at radius 2 is 2.50 bits per heavy atom. The highest BCUT2D eigenvalue weighted by Gasteiger charge is 2.15. The number of aromatic amines is 1. The smallest absolute Gasteiger partial charge is 0.175 e. The van der Waals surface area contributed by atoms with Crippen LogP contribution in [-0.4, -0.2) is 21.6 Å². The first-order valence-corrected chi connectivity index (χ1v) is 3.52. The van der Waals surface area contributed by atoms with Crippen molar-refractivity contribution in [2.45, 2.75) is 6.23 Å². The molecular weight excluding hydrogens is 156 g/mol. The Morgan fingerprint density at radius 3 is 3.17 bits per heavy atom. The molecule has 1 aromatic heterocycles. The number of ether oxygens (including phenoxy) is 1. The van der Waals surface area contributed by atoms with Gasteiger partial charge in [0.05, 0.1) is 6.26 Å². The minimum Gasteiger partial charge on any atom is -0.479 e. The van der Waals surface area contributed by atoms with Crippen LogP contribution in [0.5, 0.6) is 0 Å². The third-order valence-corrected chi connectivity index (χ3v) is 1.60. The van der Waals surface area contributed by atoms with Crippen LogP contribution < -0.4 is 5.73 Å². The molecule has 0 saturated heterocycles. The normalized spacial score (nSPS) is 21.8. The Morgan fingerprint density at radius 1 is 1.58 bits per heavy atom. The second kappa shape index (κ2) is 2.78. The van der Waals surface area contributed by atoms with Gasteiger partial charge < -0.3 is 4.74 Å². The molecule has 1 atom stereocenters. The largest absolute Gasteiger partial charge is 0.479 e. The van der Waals surface area contributed by atoms with Gasteiger partial charge in [0.25, 0.3) is 0 Å². The van der Waals surface area contributed by atoms with Crippen LogP contribution in [0.3, 0.4) is 0 Å². The molecule has 0 aliphatic carbocycles. The minimum atomic E-state index is -0.444. The van der Waals surface area contributed by atoms with Gasteiger partial charge >= 0.3 is 0 Å². The number of hydrogen-bond donors (Lipinski definition) is 2. The van der Waals surface area contributed by atoms with Crippen molar-refractivity contribution in [3.63, 3.8) is 0 Å². The summed E-state index contributed by atoms with van der Waals surface area (Å²) in [6.07, 6.45) is 6.40. The molecule has 0 aromatic carbocycles. The topological polar surface area (TPSA) is 76.8 Å². The monoisotopic (exact) mass is 164 g/mol. The summed E-state index contributed by atoms with van der Waals surface area (Å²) >= 11 is 0. The average Bonchev–Trinajstić information content (AvgIpc) is 2.57. The van der Waals surface area contributed by atoms with Gasteiger partial charge in [-0.25, -0.2) is 0 Å². The second-order valence-corrected chi connectivity index (χ2v) is 2.37. The van der Waals surface area contributed by atoms with Gasteiger partial charge in [0, 0.05) is 11.8 Å². The van der Waals surface area contributed by atoms with Gasteiger partial charge in [-0.3, -0.25) is 10.8 Å². The number of nitrogens with one attached hydrogen (secondary N) is 1. The van der Waals surface area contributed by atoms with E-state index in [0.29, 0.717) is 5.69 Å². The van der Waals surface area contributed by atoms with Gasteiger partial charge in [-0.2, -0.15) is 0 Å². The molecule has 0 radical (unpaired) electrons. The summed E-state index contributed by atoms with van der Waals surface area (Å²) in [6.45, 7) is 0. The molecule has 5 heteroatoms. The molecular formula is C7H8N4O. The van der Waals surface area contributed by atoms with E-state index in [4.69, 9.17) is 10.5 Å². The highest BCUT2D eigenvalue weighted by molar-refractivity contribution is 5.67. The van der Waals surface area contributed by atoms with Gasteiger partial charge in [0.1, 0.15) is 5.69 Å². The lowest BCUT2D eigenvalue weighted by Gasteiger charge is -2.15. The van der Waals surface area contributed by atoms with Crippen molar-refractivity contribution < 1.29 is 4.74 Å². The van der Waals surface area contributed by atoms with Crippen LogP contribution in [0.25, 0.3) is 5.57 Å². The van der Waals surface area contributed by atoms with Crippen molar-refractivity contribution in [3.8, 4) is 0 Å². The van der Waals surface area contributed by atoms with E-state index < -0.39 is 6.23 Å². The van der Waals surface area contributed by atoms with Crippen molar-refractivity contribution in [3.05, 3.63) is 30.3 Å². The lowest BCUT2D eigenvalue weighted by molar-refractivity contribution is 0.198. The maximum atomic E-state index is 5.65. The molecule has 1 aliphatic rings. The number of hydrogen-bond acceptors (Lipinski definition) is 4. The van der Waals surface area contributed by atoms with Crippen molar-refractivity contribution in [1.29, 1.82) is 0 Å². The van der Waals surface area contributed by atoms with Gasteiger partial charge in [0.2, 0.25) is 0 Å². The molecule has 0 amide bonds. The molecule has 1 aromatic rings. The first-order chi connectivity index (χ1) is 5.88. The predicted molar refractivity (Wildman–Crippen MR) is 42.6 cm³/mol. The van der Waals surface area contributed by atoms with Crippen LogP contribution in [0.2, 0.25) is 0 Å². The SMILES string of the molecule is NC1OC=CC=C1c1c[nH]nn1. The van der Waals surface area contributed by atoms with Gasteiger partial charge in [-0.05, 0) is 12.2 Å². The molecule has 2 heterocycles. The third kappa shape index (κ3) is 1.10. The van der Waals surface area contributed by atoms with E-state index in [2.05, 4.69) is 15.4 Å². The molecule has 62 valence electrons. The van der Waals surface area contributed by atoms with Gasteiger partial charge in [-0.15, -0.1) is 5.10 Å². The Bertz CT molecular complexity index is 314. The zero-order valence-corrected chi connectivity index (χ0v) is 6.27. The van der Waals surface area contributed by atoms with E-state index in [1.165, 1.54) is 0 Å². The van der Waals surface area contributed by atoms with Crippen LogP contribution in [0, 0.1) is 0 Å². The zero-order valence-electron chi connectivity index (χ0n) is 6.27. The number of rotatable bonds is 1. The molecule has 0 spiro atoms. The van der Waals surface area contributed by atoms with E-state index in [1.54, 1.807) is 18.5 Å². The lowest BCUT2D eigenvalue weighted by atomic mass is 10.1. The molecule has 0 fully saturated rings. The fraction of sp³-hybridized carbons (Fsp3) is 0.143. The maximum Gasteiger partial charge on any atom is 0.175 e. The molecule has 3 N–H and O–H groups in total. The van der Waals surface area contributed by atoms with Crippen LogP contribution in [0.1, 0.15) is 5.69 Å². The van der Waals surface area contributed by atoms with Crippen molar-refractivity contribution in [1.82, 2.24) is 15.4 Å². The Hall–Kier alpha value is -1.62. The number of allylic oxidation sites excluding steroid dienone is 2. The minimum absolute atomic E-state index is 0.444. The first kappa shape index (κ1) is 7.05. The van der Waals surface area contributed by atoms with Crippen LogP contribution >= 0.6 is 0 Å². The Kier molecular flexibility index (Phi) is 1.64. The standard InChI is InChI=1S/C7H8N4O/c8-7-5(2-1-3-12-7)6-4-9-11-10-6/h1-4,7H,8H2,(H,9,10,11). The molecule has 0 bridgehead atoms. The summed E-state index contributed by atoms with van der Waals surface area (Å²) in [6, 6.07) is 0. The van der Waals surface area contributed by atoms with Gasteiger partial charge in [-0.1, -0.05) is 5.21 Å². The van der Waals surface area contributed by atoms with Gasteiger partial charge in [0.15, 0.2) is 6.23 Å². The van der Waals surface area contributed by atoms with E-state index >= 15 is 0 Å². The van der Waals surface area contributed by atoms with Crippen LogP contribution in [0.4, 0.5) is 0 Å². The lowest BCUT2D eigenvalue weighted by Crippen LogP contribution is -2.24. The zero-order chi connectivity index (χ0) is 8.39. The van der Waals surface area contributed by atoms with Crippen LogP contribution in [-0.2, 0) is 4.74 Å². The summed E-state index contributed by atoms with van der Waals surface area (Å²) in [5, 5.41) is 10.0. The van der Waals surface area contributed by atoms with E-state index in [0.717, 1.165) is 5.57 Å². The molecule has 2 rings (SSSR count). The molecule has 1 unspecified atom stereocenters. The van der Waals surface area contributed by atoms with Crippen LogP contribution in [0.15, 0.2) is 24.6 Å². The number of nitrogens with zero attached hydrogens (tertiary/aromatic N) is 2. The fourth-order valence-corrected chi connectivity index (χ4v) is 1.01. The highest BCUT2D eigenvalue weighted by atomic mass is 16.5. The van der Waals surface area contributed by atoms with Crippen molar-refractivity contribution in [2.75, 3.05) is 0 Å². The average molecular weight is 164 g/mol. The molecule has 0 saturated carbocycles. The summed E-state index contributed by atoms with van der Waals surface area (Å²) in [5.74, 6) is 0. The maximum absolute atomic E-state index is 5.65. The molecule has 12 heavy (non-hydrogen) atoms.